The number of hydrogen-bond acceptors (Lipinski definition) is 4. The van der Waals surface area contributed by atoms with E-state index < -0.39 is 10.0 Å². The fraction of sp³-hybridized carbons (Fsp3) is 0.538. The molecule has 19 heavy (non-hydrogen) atoms. The highest BCUT2D eigenvalue weighted by molar-refractivity contribution is 7.89. The molecule has 0 spiro atoms. The number of nitrogens with zero attached hydrogens (tertiary/aromatic N) is 1. The number of anilines is 1. The summed E-state index contributed by atoms with van der Waals surface area (Å²) >= 11 is 0. The molecule has 0 aliphatic carbocycles. The van der Waals surface area contributed by atoms with Crippen molar-refractivity contribution >= 4 is 15.7 Å². The molecule has 0 fully saturated rings. The Balaban J connectivity index is 2.33. The lowest BCUT2D eigenvalue weighted by atomic mass is 10.2. The molecule has 1 aromatic rings. The largest absolute Gasteiger partial charge is 0.487 e. The molecule has 0 bridgehead atoms. The number of nitrogens with one attached hydrogen (secondary N) is 1. The summed E-state index contributed by atoms with van der Waals surface area (Å²) in [6, 6.07) is 4.98. The van der Waals surface area contributed by atoms with Crippen LogP contribution in [0.3, 0.4) is 0 Å². The molecule has 0 amide bonds. The maximum absolute atomic E-state index is 12.1. The monoisotopic (exact) mass is 284 g/mol. The highest BCUT2D eigenvalue weighted by atomic mass is 32.2. The van der Waals surface area contributed by atoms with Crippen LogP contribution in [0.2, 0.25) is 0 Å². The van der Waals surface area contributed by atoms with E-state index >= 15 is 0 Å². The van der Waals surface area contributed by atoms with Gasteiger partial charge in [-0.1, -0.05) is 6.92 Å². The number of benzene rings is 1. The molecule has 106 valence electrons. The molecule has 5 nitrogen and oxygen atoms in total. The summed E-state index contributed by atoms with van der Waals surface area (Å²) in [5.41, 5.74) is 0.817. The summed E-state index contributed by atoms with van der Waals surface area (Å²) in [5, 5.41) is 0. The van der Waals surface area contributed by atoms with E-state index in [1.54, 1.807) is 18.2 Å². The molecule has 1 heterocycles. The van der Waals surface area contributed by atoms with Crippen molar-refractivity contribution in [3.63, 3.8) is 0 Å². The van der Waals surface area contributed by atoms with Crippen molar-refractivity contribution in [3.05, 3.63) is 18.2 Å². The van der Waals surface area contributed by atoms with E-state index in [-0.39, 0.29) is 11.0 Å². The molecule has 0 radical (unpaired) electrons. The van der Waals surface area contributed by atoms with Crippen LogP contribution in [0, 0.1) is 0 Å². The van der Waals surface area contributed by atoms with Crippen LogP contribution in [0.1, 0.15) is 20.3 Å². The van der Waals surface area contributed by atoms with Gasteiger partial charge in [0, 0.05) is 13.6 Å². The van der Waals surface area contributed by atoms with E-state index in [0.29, 0.717) is 6.54 Å². The molecule has 1 N–H and O–H groups in total. The predicted molar refractivity (Wildman–Crippen MR) is 75.3 cm³/mol. The molecular formula is C13H20N2O3S. The van der Waals surface area contributed by atoms with Gasteiger partial charge >= 0.3 is 0 Å². The van der Waals surface area contributed by atoms with E-state index in [4.69, 9.17) is 4.74 Å². The zero-order valence-electron chi connectivity index (χ0n) is 11.5. The molecule has 1 aliphatic heterocycles. The third-order valence-corrected chi connectivity index (χ3v) is 4.51. The molecule has 1 aromatic carbocycles. The maximum Gasteiger partial charge on any atom is 0.240 e. The van der Waals surface area contributed by atoms with Crippen LogP contribution < -0.4 is 14.4 Å². The Morgan fingerprint density at radius 2 is 2.21 bits per heavy atom. The van der Waals surface area contributed by atoms with Crippen molar-refractivity contribution in [2.45, 2.75) is 31.3 Å². The van der Waals surface area contributed by atoms with Gasteiger partial charge in [0.1, 0.15) is 11.9 Å². The molecule has 1 aliphatic rings. The fourth-order valence-corrected chi connectivity index (χ4v) is 3.27. The molecule has 1 unspecified atom stereocenters. The van der Waals surface area contributed by atoms with Crippen molar-refractivity contribution in [2.75, 3.05) is 25.0 Å². The fourth-order valence-electron chi connectivity index (χ4n) is 2.12. The Labute approximate surface area is 114 Å². The smallest absolute Gasteiger partial charge is 0.240 e. The van der Waals surface area contributed by atoms with Crippen molar-refractivity contribution in [3.8, 4) is 5.75 Å². The van der Waals surface area contributed by atoms with Crippen LogP contribution in [0.4, 0.5) is 5.69 Å². The number of ether oxygens (including phenoxy) is 1. The van der Waals surface area contributed by atoms with Crippen molar-refractivity contribution in [1.82, 2.24) is 4.72 Å². The van der Waals surface area contributed by atoms with Crippen LogP contribution in [-0.2, 0) is 10.0 Å². The van der Waals surface area contributed by atoms with E-state index in [1.165, 1.54) is 0 Å². The van der Waals surface area contributed by atoms with Gasteiger partial charge in [0.15, 0.2) is 0 Å². The zero-order valence-corrected chi connectivity index (χ0v) is 12.3. The molecule has 0 saturated heterocycles. The van der Waals surface area contributed by atoms with Gasteiger partial charge in [-0.25, -0.2) is 13.1 Å². The number of hydrogen-bond donors (Lipinski definition) is 1. The van der Waals surface area contributed by atoms with Crippen LogP contribution in [0.25, 0.3) is 0 Å². The van der Waals surface area contributed by atoms with Crippen molar-refractivity contribution in [1.29, 1.82) is 0 Å². The Kier molecular flexibility index (Phi) is 4.01. The Bertz CT molecular complexity index is 557. The second kappa shape index (κ2) is 5.38. The van der Waals surface area contributed by atoms with Crippen LogP contribution in [0.5, 0.6) is 5.75 Å². The first kappa shape index (κ1) is 14.1. The molecule has 0 saturated carbocycles. The number of fused-ring (bicyclic) bond motifs is 1. The van der Waals surface area contributed by atoms with E-state index in [0.717, 1.165) is 24.4 Å². The first-order valence-corrected chi connectivity index (χ1v) is 7.94. The lowest BCUT2D eigenvalue weighted by molar-refractivity contribution is 0.215. The summed E-state index contributed by atoms with van der Waals surface area (Å²) in [7, 11) is -1.49. The van der Waals surface area contributed by atoms with E-state index in [1.807, 2.05) is 25.8 Å². The summed E-state index contributed by atoms with van der Waals surface area (Å²) in [4.78, 5) is 2.30. The minimum atomic E-state index is -3.43. The van der Waals surface area contributed by atoms with Gasteiger partial charge in [0.05, 0.1) is 17.1 Å². The number of likely N-dealkylation sites (N-methyl/N-ethyl adjacent to an activating group) is 1. The lowest BCUT2D eigenvalue weighted by Crippen LogP contribution is -2.35. The standard InChI is InChI=1S/C13H20N2O3S/c1-4-7-14-19(16,17)11-5-6-13-12(8-11)15(3)9-10(2)18-13/h5-6,8,10,14H,4,7,9H2,1-3H3. The highest BCUT2D eigenvalue weighted by Crippen LogP contribution is 2.34. The summed E-state index contributed by atoms with van der Waals surface area (Å²) < 4.78 is 32.4. The maximum atomic E-state index is 12.1. The zero-order chi connectivity index (χ0) is 14.0. The normalized spacial score (nSPS) is 18.9. The number of rotatable bonds is 4. The molecule has 0 aromatic heterocycles. The third-order valence-electron chi connectivity index (χ3n) is 3.05. The molecule has 2 rings (SSSR count). The number of sulfonamides is 1. The predicted octanol–water partition coefficient (Wildman–Crippen LogP) is 1.59. The van der Waals surface area contributed by atoms with Gasteiger partial charge < -0.3 is 9.64 Å². The minimum absolute atomic E-state index is 0.109. The van der Waals surface area contributed by atoms with E-state index in [2.05, 4.69) is 4.72 Å². The summed E-state index contributed by atoms with van der Waals surface area (Å²) in [5.74, 6) is 0.732. The average molecular weight is 284 g/mol. The van der Waals surface area contributed by atoms with Gasteiger partial charge in [-0.3, -0.25) is 0 Å². The summed E-state index contributed by atoms with van der Waals surface area (Å²) in [6.07, 6.45) is 0.878. The minimum Gasteiger partial charge on any atom is -0.487 e. The van der Waals surface area contributed by atoms with Gasteiger partial charge in [-0.15, -0.1) is 0 Å². The average Bonchev–Trinajstić information content (AvgIpc) is 2.35. The Hall–Kier alpha value is -1.27. The van der Waals surface area contributed by atoms with Crippen molar-refractivity contribution in [2.24, 2.45) is 0 Å². The molecule has 1 atom stereocenters. The molecular weight excluding hydrogens is 264 g/mol. The van der Waals surface area contributed by atoms with Crippen molar-refractivity contribution < 1.29 is 13.2 Å². The first-order valence-electron chi connectivity index (χ1n) is 6.45. The van der Waals surface area contributed by atoms with Gasteiger partial charge in [0.2, 0.25) is 10.0 Å². The van der Waals surface area contributed by atoms with Crippen LogP contribution in [0.15, 0.2) is 23.1 Å². The second-order valence-electron chi connectivity index (χ2n) is 4.84. The summed E-state index contributed by atoms with van der Waals surface area (Å²) in [6.45, 7) is 5.12. The topological polar surface area (TPSA) is 58.6 Å². The lowest BCUT2D eigenvalue weighted by Gasteiger charge is -2.32. The Morgan fingerprint density at radius 3 is 2.89 bits per heavy atom. The Morgan fingerprint density at radius 1 is 1.47 bits per heavy atom. The van der Waals surface area contributed by atoms with E-state index in [9.17, 15) is 8.42 Å². The third kappa shape index (κ3) is 3.01. The second-order valence-corrected chi connectivity index (χ2v) is 6.60. The first-order chi connectivity index (χ1) is 8.94. The van der Waals surface area contributed by atoms with Crippen LogP contribution in [-0.4, -0.2) is 34.7 Å². The molecule has 6 heteroatoms. The van der Waals surface area contributed by atoms with Gasteiger partial charge in [0.25, 0.3) is 0 Å². The quantitative estimate of drug-likeness (QED) is 0.912. The van der Waals surface area contributed by atoms with Crippen LogP contribution >= 0.6 is 0 Å². The van der Waals surface area contributed by atoms with Gasteiger partial charge in [-0.2, -0.15) is 0 Å². The highest BCUT2D eigenvalue weighted by Gasteiger charge is 2.23. The van der Waals surface area contributed by atoms with Gasteiger partial charge in [-0.05, 0) is 31.5 Å². The SMILES string of the molecule is CCCNS(=O)(=O)c1ccc2c(c1)N(C)CC(C)O2.